The van der Waals surface area contributed by atoms with Crippen LogP contribution >= 0.6 is 0 Å². The quantitative estimate of drug-likeness (QED) is 0.679. The highest BCUT2D eigenvalue weighted by molar-refractivity contribution is 5.96. The molecule has 1 N–H and O–H groups in total. The highest BCUT2D eigenvalue weighted by Crippen LogP contribution is 2.30. The zero-order chi connectivity index (χ0) is 15.8. The largest absolute Gasteiger partial charge is 0.386 e. The minimum atomic E-state index is -1.36. The highest BCUT2D eigenvalue weighted by Gasteiger charge is 2.44. The van der Waals surface area contributed by atoms with Crippen molar-refractivity contribution in [2.45, 2.75) is 25.4 Å². The Morgan fingerprint density at radius 3 is 2.62 bits per heavy atom. The van der Waals surface area contributed by atoms with Crippen molar-refractivity contribution in [2.75, 3.05) is 13.1 Å². The van der Waals surface area contributed by atoms with Gasteiger partial charge in [0.15, 0.2) is 0 Å². The van der Waals surface area contributed by atoms with E-state index in [1.165, 1.54) is 0 Å². The summed E-state index contributed by atoms with van der Waals surface area (Å²) in [6.45, 7) is 1.88. The van der Waals surface area contributed by atoms with Crippen LogP contribution in [0.15, 0.2) is 12.1 Å². The number of amides is 1. The van der Waals surface area contributed by atoms with Gasteiger partial charge in [-0.25, -0.2) is 4.39 Å². The van der Waals surface area contributed by atoms with E-state index in [9.17, 15) is 28.8 Å². The second-order valence-corrected chi connectivity index (χ2v) is 5.18. The zero-order valence-electron chi connectivity index (χ0n) is 11.3. The van der Waals surface area contributed by atoms with Gasteiger partial charge in [0.05, 0.1) is 35.2 Å². The Balaban J connectivity index is 2.24. The molecule has 8 heteroatoms. The lowest BCUT2D eigenvalue weighted by Crippen LogP contribution is -2.63. The molecule has 0 unspecified atom stereocenters. The van der Waals surface area contributed by atoms with E-state index in [0.29, 0.717) is 18.6 Å². The van der Waals surface area contributed by atoms with Gasteiger partial charge in [0, 0.05) is 0 Å². The molecule has 6 nitrogen and oxygen atoms in total. The standard InChI is InChI=1S/C13H14F2N2O4/c1-2-3-13(19)6-16(7-13)12(18)9-4-8(14)5-10(11(9)15)17(20)21/h4-5,19H,2-3,6-7H2,1H3. The highest BCUT2D eigenvalue weighted by atomic mass is 19.1. The summed E-state index contributed by atoms with van der Waals surface area (Å²) in [6, 6.07) is 1.05. The van der Waals surface area contributed by atoms with E-state index >= 15 is 0 Å². The van der Waals surface area contributed by atoms with Gasteiger partial charge in [-0.05, 0) is 12.5 Å². The van der Waals surface area contributed by atoms with Gasteiger partial charge in [-0.2, -0.15) is 4.39 Å². The first-order chi connectivity index (χ1) is 9.77. The van der Waals surface area contributed by atoms with E-state index in [-0.39, 0.29) is 13.1 Å². The molecule has 1 aliphatic rings. The lowest BCUT2D eigenvalue weighted by molar-refractivity contribution is -0.387. The maximum absolute atomic E-state index is 13.9. The average molecular weight is 300 g/mol. The summed E-state index contributed by atoms with van der Waals surface area (Å²) in [5, 5.41) is 20.6. The molecule has 0 atom stereocenters. The molecule has 21 heavy (non-hydrogen) atoms. The Morgan fingerprint density at radius 1 is 1.48 bits per heavy atom. The zero-order valence-corrected chi connectivity index (χ0v) is 11.3. The number of hydrogen-bond donors (Lipinski definition) is 1. The van der Waals surface area contributed by atoms with Crippen molar-refractivity contribution < 1.29 is 23.6 Å². The summed E-state index contributed by atoms with van der Waals surface area (Å²) in [5.74, 6) is -3.29. The van der Waals surface area contributed by atoms with Gasteiger partial charge in [-0.1, -0.05) is 13.3 Å². The topological polar surface area (TPSA) is 83.7 Å². The summed E-state index contributed by atoms with van der Waals surface area (Å²) < 4.78 is 27.2. The number of nitrogens with zero attached hydrogens (tertiary/aromatic N) is 2. The summed E-state index contributed by atoms with van der Waals surface area (Å²) in [7, 11) is 0. The number of nitro groups is 1. The molecule has 0 radical (unpaired) electrons. The lowest BCUT2D eigenvalue weighted by atomic mass is 9.88. The SMILES string of the molecule is CCCC1(O)CN(C(=O)c2cc(F)cc([N+](=O)[O-])c2F)C1. The van der Waals surface area contributed by atoms with Gasteiger partial charge in [0.25, 0.3) is 5.91 Å². The fourth-order valence-corrected chi connectivity index (χ4v) is 2.46. The first-order valence-electron chi connectivity index (χ1n) is 6.42. The predicted octanol–water partition coefficient (Wildman–Crippen LogP) is 1.86. The number of β-amino-alcohol motifs (C(OH)–C–C–N with tert-alkyl or cyclic N) is 1. The van der Waals surface area contributed by atoms with Crippen molar-refractivity contribution in [3.05, 3.63) is 39.4 Å². The van der Waals surface area contributed by atoms with Crippen molar-refractivity contribution in [1.29, 1.82) is 0 Å². The number of aliphatic hydroxyl groups is 1. The molecule has 0 spiro atoms. The van der Waals surface area contributed by atoms with Crippen LogP contribution in [0, 0.1) is 21.7 Å². The van der Waals surface area contributed by atoms with Gasteiger partial charge < -0.3 is 10.0 Å². The van der Waals surface area contributed by atoms with Crippen LogP contribution in [0.3, 0.4) is 0 Å². The van der Waals surface area contributed by atoms with E-state index in [4.69, 9.17) is 0 Å². The molecule has 0 aromatic heterocycles. The molecule has 0 bridgehead atoms. The molecule has 1 aromatic carbocycles. The predicted molar refractivity (Wildman–Crippen MR) is 68.8 cm³/mol. The summed E-state index contributed by atoms with van der Waals surface area (Å²) in [6.07, 6.45) is 1.21. The van der Waals surface area contributed by atoms with Crippen LogP contribution in [0.5, 0.6) is 0 Å². The number of benzene rings is 1. The molecule has 1 aliphatic heterocycles. The molecule has 2 rings (SSSR count). The van der Waals surface area contributed by atoms with E-state index in [1.54, 1.807) is 0 Å². The smallest absolute Gasteiger partial charge is 0.308 e. The number of rotatable bonds is 4. The number of likely N-dealkylation sites (tertiary alicyclic amines) is 1. The second kappa shape index (κ2) is 5.36. The molecule has 1 aromatic rings. The van der Waals surface area contributed by atoms with Crippen molar-refractivity contribution >= 4 is 11.6 Å². The Bertz CT molecular complexity index is 600. The maximum atomic E-state index is 13.9. The third-order valence-electron chi connectivity index (χ3n) is 3.42. The molecular weight excluding hydrogens is 286 g/mol. The van der Waals surface area contributed by atoms with Crippen LogP contribution in [-0.4, -0.2) is 39.5 Å². The van der Waals surface area contributed by atoms with Crippen molar-refractivity contribution in [3.8, 4) is 0 Å². The van der Waals surface area contributed by atoms with Crippen LogP contribution in [-0.2, 0) is 0 Å². The van der Waals surface area contributed by atoms with Crippen molar-refractivity contribution in [2.24, 2.45) is 0 Å². The fourth-order valence-electron chi connectivity index (χ4n) is 2.46. The first-order valence-corrected chi connectivity index (χ1v) is 6.42. The second-order valence-electron chi connectivity index (χ2n) is 5.18. The Labute approximate surface area is 119 Å². The van der Waals surface area contributed by atoms with Gasteiger partial charge >= 0.3 is 5.69 Å². The summed E-state index contributed by atoms with van der Waals surface area (Å²) in [4.78, 5) is 22.7. The Kier molecular flexibility index (Phi) is 3.91. The van der Waals surface area contributed by atoms with Crippen LogP contribution in [0.4, 0.5) is 14.5 Å². The van der Waals surface area contributed by atoms with Gasteiger partial charge in [0.1, 0.15) is 5.82 Å². The minimum Gasteiger partial charge on any atom is -0.386 e. The average Bonchev–Trinajstić information content (AvgIpc) is 2.37. The number of carbonyl (C=O) groups is 1. The van der Waals surface area contributed by atoms with Crippen LogP contribution in [0.25, 0.3) is 0 Å². The number of hydrogen-bond acceptors (Lipinski definition) is 4. The van der Waals surface area contributed by atoms with Crippen molar-refractivity contribution in [1.82, 2.24) is 4.90 Å². The summed E-state index contributed by atoms with van der Waals surface area (Å²) >= 11 is 0. The fraction of sp³-hybridized carbons (Fsp3) is 0.462. The van der Waals surface area contributed by atoms with E-state index < -0.39 is 39.3 Å². The maximum Gasteiger partial charge on any atom is 0.308 e. The third kappa shape index (κ3) is 2.85. The molecule has 114 valence electrons. The molecule has 1 amide bonds. The van der Waals surface area contributed by atoms with Crippen LogP contribution in [0.1, 0.15) is 30.1 Å². The number of halogens is 2. The number of nitro benzene ring substituents is 1. The Morgan fingerprint density at radius 2 is 2.10 bits per heavy atom. The normalized spacial score (nSPS) is 16.5. The summed E-state index contributed by atoms with van der Waals surface area (Å²) in [5.41, 5.74) is -2.79. The van der Waals surface area contributed by atoms with E-state index in [1.807, 2.05) is 6.92 Å². The van der Waals surface area contributed by atoms with Crippen LogP contribution < -0.4 is 0 Å². The molecule has 1 heterocycles. The van der Waals surface area contributed by atoms with Crippen LogP contribution in [0.2, 0.25) is 0 Å². The van der Waals surface area contributed by atoms with Gasteiger partial charge in [-0.3, -0.25) is 14.9 Å². The molecular formula is C13H14F2N2O4. The molecule has 1 saturated heterocycles. The van der Waals surface area contributed by atoms with Crippen molar-refractivity contribution in [3.63, 3.8) is 0 Å². The van der Waals surface area contributed by atoms with Gasteiger partial charge in [0.2, 0.25) is 5.82 Å². The first kappa shape index (κ1) is 15.3. The third-order valence-corrected chi connectivity index (χ3v) is 3.42. The molecule has 0 saturated carbocycles. The Hall–Kier alpha value is -2.09. The van der Waals surface area contributed by atoms with E-state index in [0.717, 1.165) is 11.3 Å². The number of carbonyl (C=O) groups excluding carboxylic acids is 1. The molecule has 1 fully saturated rings. The monoisotopic (exact) mass is 300 g/mol. The van der Waals surface area contributed by atoms with E-state index in [2.05, 4.69) is 0 Å². The lowest BCUT2D eigenvalue weighted by Gasteiger charge is -2.46. The van der Waals surface area contributed by atoms with Gasteiger partial charge in [-0.15, -0.1) is 0 Å². The minimum absolute atomic E-state index is 0.00340. The molecule has 0 aliphatic carbocycles.